The van der Waals surface area contributed by atoms with Gasteiger partial charge >= 0.3 is 0 Å². The lowest BCUT2D eigenvalue weighted by Crippen LogP contribution is -2.40. The van der Waals surface area contributed by atoms with Crippen molar-refractivity contribution in [1.82, 2.24) is 10.2 Å². The van der Waals surface area contributed by atoms with Crippen LogP contribution in [-0.2, 0) is 4.79 Å². The van der Waals surface area contributed by atoms with E-state index in [4.69, 9.17) is 0 Å². The lowest BCUT2D eigenvalue weighted by atomic mass is 10.0. The van der Waals surface area contributed by atoms with E-state index in [1.807, 2.05) is 20.9 Å². The molecule has 1 fully saturated rings. The van der Waals surface area contributed by atoms with Crippen molar-refractivity contribution in [2.75, 3.05) is 19.3 Å². The summed E-state index contributed by atoms with van der Waals surface area (Å²) in [5.41, 5.74) is 0.128. The van der Waals surface area contributed by atoms with E-state index in [0.717, 1.165) is 23.9 Å². The molecule has 0 spiro atoms. The summed E-state index contributed by atoms with van der Waals surface area (Å²) in [6, 6.07) is -0.297. The zero-order valence-electron chi connectivity index (χ0n) is 11.4. The summed E-state index contributed by atoms with van der Waals surface area (Å²) in [5, 5.41) is 4.30. The van der Waals surface area contributed by atoms with E-state index < -0.39 is 0 Å². The molecule has 0 aromatic rings. The van der Waals surface area contributed by atoms with Crippen LogP contribution in [0, 0.1) is 0 Å². The van der Waals surface area contributed by atoms with Gasteiger partial charge in [-0.05, 0) is 27.2 Å². The molecule has 2 unspecified atom stereocenters. The van der Waals surface area contributed by atoms with E-state index in [-0.39, 0.29) is 17.5 Å². The highest BCUT2D eigenvalue weighted by Gasteiger charge is 2.31. The van der Waals surface area contributed by atoms with Gasteiger partial charge in [-0.15, -0.1) is 0 Å². The van der Waals surface area contributed by atoms with E-state index in [1.165, 1.54) is 0 Å². The van der Waals surface area contributed by atoms with Crippen LogP contribution in [-0.4, -0.2) is 46.9 Å². The Hall–Kier alpha value is -0.710. The minimum Gasteiger partial charge on any atom is -0.359 e. The zero-order valence-corrected chi connectivity index (χ0v) is 12.2. The van der Waals surface area contributed by atoms with Crippen LogP contribution in [0.2, 0.25) is 0 Å². The minimum atomic E-state index is -0.297. The summed E-state index contributed by atoms with van der Waals surface area (Å²) in [7, 11) is 1.81. The maximum Gasteiger partial charge on any atom is 0.246 e. The molecule has 1 heterocycles. The van der Waals surface area contributed by atoms with Gasteiger partial charge in [0.15, 0.2) is 5.17 Å². The van der Waals surface area contributed by atoms with E-state index in [1.54, 1.807) is 16.7 Å². The van der Waals surface area contributed by atoms with Gasteiger partial charge in [-0.25, -0.2) is 4.99 Å². The number of amidine groups is 1. The summed E-state index contributed by atoms with van der Waals surface area (Å²) in [5.74, 6) is 1.10. The number of carbonyl (C=O) groups is 1. The number of nitrogens with one attached hydrogen (secondary N) is 1. The second kappa shape index (κ2) is 5.76. The Labute approximate surface area is 108 Å². The average molecular weight is 257 g/mol. The Balaban J connectivity index is 2.62. The monoisotopic (exact) mass is 257 g/mol. The number of carbonyl (C=O) groups excluding carboxylic acids is 1. The number of hydrogen-bond acceptors (Lipinski definition) is 3. The van der Waals surface area contributed by atoms with Crippen LogP contribution in [0.15, 0.2) is 4.99 Å². The van der Waals surface area contributed by atoms with Crippen LogP contribution in [0.25, 0.3) is 0 Å². The Morgan fingerprint density at radius 2 is 2.29 bits per heavy atom. The van der Waals surface area contributed by atoms with E-state index >= 15 is 0 Å². The SMILES string of the molecule is CCN(C)C(=O)C(C)N=C1NC(C)(CC)CS1. The van der Waals surface area contributed by atoms with E-state index in [2.05, 4.69) is 24.2 Å². The first-order chi connectivity index (χ1) is 7.91. The van der Waals surface area contributed by atoms with Crippen molar-refractivity contribution in [1.29, 1.82) is 0 Å². The van der Waals surface area contributed by atoms with Gasteiger partial charge in [0.1, 0.15) is 6.04 Å². The van der Waals surface area contributed by atoms with Gasteiger partial charge in [-0.1, -0.05) is 18.7 Å². The largest absolute Gasteiger partial charge is 0.359 e. The highest BCUT2D eigenvalue weighted by atomic mass is 32.2. The van der Waals surface area contributed by atoms with Gasteiger partial charge in [-0.3, -0.25) is 4.79 Å². The molecule has 1 aliphatic rings. The number of likely N-dealkylation sites (N-methyl/N-ethyl adjacent to an activating group) is 1. The number of aliphatic imine (C=N–C) groups is 1. The molecule has 0 aromatic heterocycles. The molecule has 4 nitrogen and oxygen atoms in total. The van der Waals surface area contributed by atoms with Gasteiger partial charge < -0.3 is 10.2 Å². The molecule has 1 rings (SSSR count). The van der Waals surface area contributed by atoms with Gasteiger partial charge in [0, 0.05) is 24.9 Å². The van der Waals surface area contributed by atoms with Gasteiger partial charge in [0.05, 0.1) is 0 Å². The highest BCUT2D eigenvalue weighted by Crippen LogP contribution is 2.25. The molecule has 0 aliphatic carbocycles. The fraction of sp³-hybridized carbons (Fsp3) is 0.833. The van der Waals surface area contributed by atoms with E-state index in [9.17, 15) is 4.79 Å². The molecule has 0 saturated carbocycles. The first-order valence-electron chi connectivity index (χ1n) is 6.15. The summed E-state index contributed by atoms with van der Waals surface area (Å²) >= 11 is 1.71. The van der Waals surface area contributed by atoms with Gasteiger partial charge in [-0.2, -0.15) is 0 Å². The van der Waals surface area contributed by atoms with Gasteiger partial charge in [0.2, 0.25) is 5.91 Å². The third-order valence-electron chi connectivity index (χ3n) is 3.24. The fourth-order valence-electron chi connectivity index (χ4n) is 1.52. The number of rotatable bonds is 4. The van der Waals surface area contributed by atoms with Gasteiger partial charge in [0.25, 0.3) is 0 Å². The summed E-state index contributed by atoms with van der Waals surface area (Å²) in [4.78, 5) is 18.0. The van der Waals surface area contributed by atoms with Crippen molar-refractivity contribution < 1.29 is 4.79 Å². The molecule has 0 bridgehead atoms. The molecule has 0 radical (unpaired) electrons. The normalized spacial score (nSPS) is 27.9. The minimum absolute atomic E-state index is 0.0764. The molecule has 17 heavy (non-hydrogen) atoms. The third kappa shape index (κ3) is 3.63. The molecule has 0 aromatic carbocycles. The predicted molar refractivity (Wildman–Crippen MR) is 74.5 cm³/mol. The maximum absolute atomic E-state index is 11.9. The molecule has 1 saturated heterocycles. The topological polar surface area (TPSA) is 44.7 Å². The maximum atomic E-state index is 11.9. The number of thioether (sulfide) groups is 1. The fourth-order valence-corrected chi connectivity index (χ4v) is 2.81. The number of nitrogens with zero attached hydrogens (tertiary/aromatic N) is 2. The zero-order chi connectivity index (χ0) is 13.1. The average Bonchev–Trinajstić information content (AvgIpc) is 2.69. The Morgan fingerprint density at radius 3 is 2.76 bits per heavy atom. The van der Waals surface area contributed by atoms with Crippen molar-refractivity contribution in [3.8, 4) is 0 Å². The smallest absolute Gasteiger partial charge is 0.246 e. The van der Waals surface area contributed by atoms with Crippen LogP contribution >= 0.6 is 11.8 Å². The lowest BCUT2D eigenvalue weighted by Gasteiger charge is -2.21. The van der Waals surface area contributed by atoms with Crippen molar-refractivity contribution in [2.24, 2.45) is 4.99 Å². The van der Waals surface area contributed by atoms with Crippen LogP contribution in [0.4, 0.5) is 0 Å². The second-order valence-corrected chi connectivity index (χ2v) is 5.75. The highest BCUT2D eigenvalue weighted by molar-refractivity contribution is 8.14. The molecule has 1 N–H and O–H groups in total. The first kappa shape index (κ1) is 14.4. The second-order valence-electron chi connectivity index (χ2n) is 4.79. The summed E-state index contributed by atoms with van der Waals surface area (Å²) in [6.07, 6.45) is 1.07. The van der Waals surface area contributed by atoms with Crippen molar-refractivity contribution in [3.63, 3.8) is 0 Å². The standard InChI is InChI=1S/C12H23N3OS/c1-6-12(4)8-17-11(14-12)13-9(3)10(16)15(5)7-2/h9H,6-8H2,1-5H3,(H,13,14). The number of hydrogen-bond donors (Lipinski definition) is 1. The number of amides is 1. The van der Waals surface area contributed by atoms with Crippen molar-refractivity contribution in [3.05, 3.63) is 0 Å². The van der Waals surface area contributed by atoms with Crippen LogP contribution in [0.1, 0.15) is 34.1 Å². The van der Waals surface area contributed by atoms with Crippen molar-refractivity contribution >= 4 is 22.8 Å². The Kier molecular flexibility index (Phi) is 4.86. The van der Waals surface area contributed by atoms with Crippen LogP contribution in [0.5, 0.6) is 0 Å². The summed E-state index contributed by atoms with van der Waals surface area (Å²) in [6.45, 7) is 8.89. The molecule has 98 valence electrons. The van der Waals surface area contributed by atoms with Crippen LogP contribution in [0.3, 0.4) is 0 Å². The first-order valence-corrected chi connectivity index (χ1v) is 7.14. The van der Waals surface area contributed by atoms with E-state index in [0.29, 0.717) is 0 Å². The van der Waals surface area contributed by atoms with Crippen molar-refractivity contribution in [2.45, 2.75) is 45.7 Å². The Bertz CT molecular complexity index is 319. The molecule has 2 atom stereocenters. The summed E-state index contributed by atoms with van der Waals surface area (Å²) < 4.78 is 0. The third-order valence-corrected chi connectivity index (χ3v) is 4.50. The predicted octanol–water partition coefficient (Wildman–Crippen LogP) is 1.71. The molecular weight excluding hydrogens is 234 g/mol. The quantitative estimate of drug-likeness (QED) is 0.834. The van der Waals surface area contributed by atoms with Crippen LogP contribution < -0.4 is 5.32 Å². The molecule has 1 aliphatic heterocycles. The molecule has 5 heteroatoms. The molecule has 1 amide bonds. The Morgan fingerprint density at radius 1 is 1.65 bits per heavy atom. The molecular formula is C12H23N3OS. The lowest BCUT2D eigenvalue weighted by molar-refractivity contribution is -0.130.